The quantitative estimate of drug-likeness (QED) is 0.452. The number of rotatable bonds is 6. The SMILES string of the molecule is COC(=O)/C(C#N)=C/c1ccc(Oc2cc(C(=O)O)cc(C(=O)O)c2)cc1. The number of nitrogens with zero attached hydrogens (tertiary/aromatic N) is 1. The molecule has 0 saturated carbocycles. The monoisotopic (exact) mass is 367 g/mol. The van der Waals surface area contributed by atoms with Crippen LogP contribution in [-0.2, 0) is 9.53 Å². The van der Waals surface area contributed by atoms with Crippen molar-refractivity contribution in [2.24, 2.45) is 0 Å². The number of ether oxygens (including phenoxy) is 2. The standard InChI is InChI=1S/C19H13NO7/c1-26-19(25)14(10-20)6-11-2-4-15(5-3-11)27-16-8-12(17(21)22)7-13(9-16)18(23)24/h2-9H,1H3,(H,21,22)(H,23,24)/b14-6+. The van der Waals surface area contributed by atoms with Gasteiger partial charge in [0.05, 0.1) is 18.2 Å². The van der Waals surface area contributed by atoms with Gasteiger partial charge in [0.15, 0.2) is 0 Å². The highest BCUT2D eigenvalue weighted by molar-refractivity contribution is 5.97. The number of esters is 1. The largest absolute Gasteiger partial charge is 0.478 e. The number of carbonyl (C=O) groups is 3. The number of carboxylic acid groups (broad SMARTS) is 2. The van der Waals surface area contributed by atoms with Crippen LogP contribution >= 0.6 is 0 Å². The minimum absolute atomic E-state index is 0.0443. The van der Waals surface area contributed by atoms with E-state index in [4.69, 9.17) is 20.2 Å². The Balaban J connectivity index is 2.28. The second-order valence-electron chi connectivity index (χ2n) is 5.19. The van der Waals surface area contributed by atoms with E-state index in [1.54, 1.807) is 18.2 Å². The molecule has 0 aliphatic heterocycles. The summed E-state index contributed by atoms with van der Waals surface area (Å²) in [6.07, 6.45) is 1.34. The lowest BCUT2D eigenvalue weighted by Crippen LogP contribution is -2.03. The first-order valence-electron chi connectivity index (χ1n) is 7.43. The van der Waals surface area contributed by atoms with Crippen LogP contribution in [-0.4, -0.2) is 35.2 Å². The van der Waals surface area contributed by atoms with Crippen molar-refractivity contribution in [2.45, 2.75) is 0 Å². The van der Waals surface area contributed by atoms with Crippen LogP contribution in [0.2, 0.25) is 0 Å². The summed E-state index contributed by atoms with van der Waals surface area (Å²) >= 11 is 0. The van der Waals surface area contributed by atoms with E-state index in [0.29, 0.717) is 11.3 Å². The third kappa shape index (κ3) is 4.93. The molecule has 0 radical (unpaired) electrons. The van der Waals surface area contributed by atoms with Crippen molar-refractivity contribution in [2.75, 3.05) is 7.11 Å². The Bertz CT molecular complexity index is 936. The van der Waals surface area contributed by atoms with Crippen molar-refractivity contribution < 1.29 is 34.1 Å². The van der Waals surface area contributed by atoms with Crippen molar-refractivity contribution in [1.29, 1.82) is 5.26 Å². The number of carboxylic acids is 2. The molecule has 2 aromatic rings. The van der Waals surface area contributed by atoms with Gasteiger partial charge in [0.25, 0.3) is 0 Å². The van der Waals surface area contributed by atoms with Crippen LogP contribution in [0.4, 0.5) is 0 Å². The first-order valence-corrected chi connectivity index (χ1v) is 7.43. The smallest absolute Gasteiger partial charge is 0.348 e. The molecule has 0 fully saturated rings. The molecule has 0 aromatic heterocycles. The van der Waals surface area contributed by atoms with Gasteiger partial charge in [-0.3, -0.25) is 0 Å². The maximum absolute atomic E-state index is 11.4. The molecule has 0 amide bonds. The van der Waals surface area contributed by atoms with Crippen LogP contribution in [0.5, 0.6) is 11.5 Å². The lowest BCUT2D eigenvalue weighted by atomic mass is 10.1. The van der Waals surface area contributed by atoms with E-state index in [0.717, 1.165) is 6.07 Å². The molecular formula is C19H13NO7. The van der Waals surface area contributed by atoms with E-state index in [1.165, 1.54) is 37.5 Å². The van der Waals surface area contributed by atoms with E-state index in [-0.39, 0.29) is 22.4 Å². The maximum Gasteiger partial charge on any atom is 0.348 e. The van der Waals surface area contributed by atoms with E-state index < -0.39 is 17.9 Å². The maximum atomic E-state index is 11.4. The van der Waals surface area contributed by atoms with Gasteiger partial charge < -0.3 is 19.7 Å². The highest BCUT2D eigenvalue weighted by Crippen LogP contribution is 2.25. The van der Waals surface area contributed by atoms with Crippen LogP contribution in [0.3, 0.4) is 0 Å². The summed E-state index contributed by atoms with van der Waals surface area (Å²) in [5, 5.41) is 27.1. The van der Waals surface area contributed by atoms with E-state index in [2.05, 4.69) is 4.74 Å². The normalized spacial score (nSPS) is 10.6. The Labute approximate surface area is 153 Å². The third-order valence-electron chi connectivity index (χ3n) is 3.35. The molecule has 0 bridgehead atoms. The number of hydrogen-bond acceptors (Lipinski definition) is 6. The summed E-state index contributed by atoms with van der Waals surface area (Å²) in [5.41, 5.74) is -0.0800. The molecule has 0 spiro atoms. The second-order valence-corrected chi connectivity index (χ2v) is 5.19. The van der Waals surface area contributed by atoms with Crippen molar-refractivity contribution in [3.8, 4) is 17.6 Å². The van der Waals surface area contributed by atoms with E-state index in [1.807, 2.05) is 0 Å². The zero-order valence-electron chi connectivity index (χ0n) is 14.0. The highest BCUT2D eigenvalue weighted by Gasteiger charge is 2.13. The average molecular weight is 367 g/mol. The molecule has 0 aliphatic rings. The van der Waals surface area contributed by atoms with E-state index in [9.17, 15) is 14.4 Å². The van der Waals surface area contributed by atoms with Crippen LogP contribution in [0.1, 0.15) is 26.3 Å². The second kappa shape index (κ2) is 8.31. The zero-order valence-corrected chi connectivity index (χ0v) is 14.0. The molecule has 2 rings (SSSR count). The number of hydrogen-bond donors (Lipinski definition) is 2. The summed E-state index contributed by atoms with van der Waals surface area (Å²) in [6, 6.07) is 11.3. The fraction of sp³-hybridized carbons (Fsp3) is 0.0526. The zero-order chi connectivity index (χ0) is 20.0. The molecule has 2 aromatic carbocycles. The molecule has 0 unspecified atom stereocenters. The summed E-state index contributed by atoms with van der Waals surface area (Å²) in [4.78, 5) is 33.6. The Kier molecular flexibility index (Phi) is 5.91. The minimum Gasteiger partial charge on any atom is -0.478 e. The number of benzene rings is 2. The highest BCUT2D eigenvalue weighted by atomic mass is 16.5. The summed E-state index contributed by atoms with van der Waals surface area (Å²) < 4.78 is 10.00. The van der Waals surface area contributed by atoms with Gasteiger partial charge in [0, 0.05) is 0 Å². The molecule has 0 atom stereocenters. The minimum atomic E-state index is -1.28. The van der Waals surface area contributed by atoms with Gasteiger partial charge in [-0.05, 0) is 42.0 Å². The first-order chi connectivity index (χ1) is 12.8. The predicted octanol–water partition coefficient (Wildman–Crippen LogP) is 2.96. The molecule has 0 saturated heterocycles. The van der Waals surface area contributed by atoms with Gasteiger partial charge in [0.1, 0.15) is 23.1 Å². The number of aromatic carboxylic acids is 2. The molecule has 8 heteroatoms. The Morgan fingerprint density at radius 3 is 1.96 bits per heavy atom. The average Bonchev–Trinajstić information content (AvgIpc) is 2.66. The molecule has 0 heterocycles. The van der Waals surface area contributed by atoms with Crippen molar-refractivity contribution in [1.82, 2.24) is 0 Å². The van der Waals surface area contributed by atoms with Gasteiger partial charge in [-0.25, -0.2) is 14.4 Å². The molecule has 2 N–H and O–H groups in total. The molecule has 136 valence electrons. The van der Waals surface area contributed by atoms with Gasteiger partial charge >= 0.3 is 17.9 Å². The first kappa shape index (κ1) is 19.2. The Hall–Kier alpha value is -4.12. The molecule has 8 nitrogen and oxygen atoms in total. The number of methoxy groups -OCH3 is 1. The molecule has 27 heavy (non-hydrogen) atoms. The lowest BCUT2D eigenvalue weighted by molar-refractivity contribution is -0.135. The van der Waals surface area contributed by atoms with Crippen LogP contribution < -0.4 is 4.74 Å². The van der Waals surface area contributed by atoms with E-state index >= 15 is 0 Å². The Morgan fingerprint density at radius 2 is 1.52 bits per heavy atom. The summed E-state index contributed by atoms with van der Waals surface area (Å²) in [7, 11) is 1.17. The predicted molar refractivity (Wildman–Crippen MR) is 92.5 cm³/mol. The van der Waals surface area contributed by atoms with Gasteiger partial charge in [-0.1, -0.05) is 12.1 Å². The van der Waals surface area contributed by atoms with Gasteiger partial charge in [0.2, 0.25) is 0 Å². The molecular weight excluding hydrogens is 354 g/mol. The lowest BCUT2D eigenvalue weighted by Gasteiger charge is -2.08. The topological polar surface area (TPSA) is 134 Å². The number of carbonyl (C=O) groups excluding carboxylic acids is 1. The van der Waals surface area contributed by atoms with Crippen LogP contribution in [0.15, 0.2) is 48.0 Å². The van der Waals surface area contributed by atoms with Crippen molar-refractivity contribution >= 4 is 24.0 Å². The fourth-order valence-electron chi connectivity index (χ4n) is 2.09. The van der Waals surface area contributed by atoms with Crippen LogP contribution in [0, 0.1) is 11.3 Å². The summed E-state index contributed by atoms with van der Waals surface area (Å²) in [6.45, 7) is 0. The summed E-state index contributed by atoms with van der Waals surface area (Å²) in [5.74, 6) is -2.97. The third-order valence-corrected chi connectivity index (χ3v) is 3.35. The fourth-order valence-corrected chi connectivity index (χ4v) is 2.09. The Morgan fingerprint density at radius 1 is 0.963 bits per heavy atom. The molecule has 0 aliphatic carbocycles. The van der Waals surface area contributed by atoms with Gasteiger partial charge in [-0.2, -0.15) is 5.26 Å². The van der Waals surface area contributed by atoms with Crippen LogP contribution in [0.25, 0.3) is 6.08 Å². The van der Waals surface area contributed by atoms with Crippen molar-refractivity contribution in [3.05, 3.63) is 64.7 Å². The van der Waals surface area contributed by atoms with Crippen molar-refractivity contribution in [3.63, 3.8) is 0 Å². The van der Waals surface area contributed by atoms with Gasteiger partial charge in [-0.15, -0.1) is 0 Å². The number of nitriles is 1.